The summed E-state index contributed by atoms with van der Waals surface area (Å²) in [6, 6.07) is 10.5. The molecule has 0 aliphatic carbocycles. The number of aryl methyl sites for hydroxylation is 3. The molecule has 1 aromatic carbocycles. The second-order valence-corrected chi connectivity index (χ2v) is 7.33. The first kappa shape index (κ1) is 17.7. The van der Waals surface area contributed by atoms with E-state index in [9.17, 15) is 4.79 Å². The Balaban J connectivity index is 1.46. The van der Waals surface area contributed by atoms with Crippen molar-refractivity contribution in [2.75, 3.05) is 26.2 Å². The fourth-order valence-corrected chi connectivity index (χ4v) is 3.73. The van der Waals surface area contributed by atoms with Crippen molar-refractivity contribution in [3.05, 3.63) is 64.6 Å². The van der Waals surface area contributed by atoms with E-state index in [2.05, 4.69) is 46.2 Å². The fourth-order valence-electron chi connectivity index (χ4n) is 3.73. The largest absolute Gasteiger partial charge is 0.336 e. The van der Waals surface area contributed by atoms with Crippen molar-refractivity contribution >= 4 is 11.6 Å². The van der Waals surface area contributed by atoms with Gasteiger partial charge in [-0.15, -0.1) is 0 Å². The first-order valence-corrected chi connectivity index (χ1v) is 9.41. The maximum absolute atomic E-state index is 13.0. The van der Waals surface area contributed by atoms with Crippen LogP contribution >= 0.6 is 0 Å². The number of nitrogens with zero attached hydrogens (tertiary/aromatic N) is 5. The Kier molecular flexibility index (Phi) is 4.66. The summed E-state index contributed by atoms with van der Waals surface area (Å²) in [5.74, 6) is 0.0260. The molecule has 2 aromatic heterocycles. The summed E-state index contributed by atoms with van der Waals surface area (Å²) in [5.41, 5.74) is 5.81. The quantitative estimate of drug-likeness (QED) is 0.718. The lowest BCUT2D eigenvalue weighted by Gasteiger charge is -2.34. The molecule has 3 heterocycles. The first-order chi connectivity index (χ1) is 13.0. The van der Waals surface area contributed by atoms with Gasteiger partial charge in [0.05, 0.1) is 6.20 Å². The van der Waals surface area contributed by atoms with Crippen LogP contribution in [0.4, 0.5) is 0 Å². The minimum Gasteiger partial charge on any atom is -0.336 e. The van der Waals surface area contributed by atoms with E-state index in [1.807, 2.05) is 24.8 Å². The van der Waals surface area contributed by atoms with Crippen molar-refractivity contribution in [2.24, 2.45) is 0 Å². The molecule has 6 heteroatoms. The summed E-state index contributed by atoms with van der Waals surface area (Å²) < 4.78 is 1.74. The molecule has 0 N–H and O–H groups in total. The first-order valence-electron chi connectivity index (χ1n) is 9.41. The van der Waals surface area contributed by atoms with Gasteiger partial charge >= 0.3 is 0 Å². The molecule has 6 nitrogen and oxygen atoms in total. The van der Waals surface area contributed by atoms with Gasteiger partial charge < -0.3 is 4.90 Å². The Hall–Kier alpha value is -2.73. The van der Waals surface area contributed by atoms with Gasteiger partial charge in [-0.3, -0.25) is 9.69 Å². The Bertz CT molecular complexity index is 985. The number of rotatable bonds is 3. The van der Waals surface area contributed by atoms with E-state index in [0.717, 1.165) is 44.1 Å². The predicted molar refractivity (Wildman–Crippen MR) is 105 cm³/mol. The maximum atomic E-state index is 13.0. The number of carbonyl (C=O) groups excluding carboxylic acids is 1. The highest BCUT2D eigenvalue weighted by Gasteiger charge is 2.25. The van der Waals surface area contributed by atoms with Gasteiger partial charge in [-0.25, -0.2) is 9.50 Å². The van der Waals surface area contributed by atoms with E-state index in [-0.39, 0.29) is 5.91 Å². The van der Waals surface area contributed by atoms with E-state index < -0.39 is 0 Å². The topological polar surface area (TPSA) is 53.7 Å². The van der Waals surface area contributed by atoms with Gasteiger partial charge in [-0.2, -0.15) is 5.10 Å². The minimum absolute atomic E-state index is 0.0260. The van der Waals surface area contributed by atoms with Crippen LogP contribution in [0.1, 0.15) is 32.9 Å². The molecule has 0 radical (unpaired) electrons. The fraction of sp³-hybridized carbons (Fsp3) is 0.381. The molecule has 0 bridgehead atoms. The zero-order valence-corrected chi connectivity index (χ0v) is 16.1. The average molecular weight is 363 g/mol. The minimum atomic E-state index is 0.0260. The molecule has 1 fully saturated rings. The van der Waals surface area contributed by atoms with Crippen LogP contribution in [0.15, 0.2) is 36.5 Å². The van der Waals surface area contributed by atoms with Gasteiger partial charge in [0, 0.05) is 44.1 Å². The van der Waals surface area contributed by atoms with Crippen LogP contribution in [0.2, 0.25) is 0 Å². The van der Waals surface area contributed by atoms with Crippen LogP contribution < -0.4 is 0 Å². The molecule has 140 valence electrons. The lowest BCUT2D eigenvalue weighted by molar-refractivity contribution is 0.0630. The molecule has 0 unspecified atom stereocenters. The standard InChI is InChI=1S/C21H25N5O/c1-15-6-4-5-7-18(15)14-24-8-10-25(11-9-24)21(27)19-13-22-26-17(3)12-16(2)23-20(19)26/h4-7,12-13H,8-11,14H2,1-3H3. The molecule has 0 spiro atoms. The van der Waals surface area contributed by atoms with Crippen molar-refractivity contribution in [2.45, 2.75) is 27.3 Å². The number of benzene rings is 1. The van der Waals surface area contributed by atoms with Gasteiger partial charge in [0.2, 0.25) is 0 Å². The summed E-state index contributed by atoms with van der Waals surface area (Å²) in [4.78, 5) is 21.9. The molecule has 1 aliphatic rings. The number of hydrogen-bond acceptors (Lipinski definition) is 4. The van der Waals surface area contributed by atoms with Crippen LogP contribution in [-0.4, -0.2) is 56.5 Å². The van der Waals surface area contributed by atoms with Crippen LogP contribution in [0.25, 0.3) is 5.65 Å². The van der Waals surface area contributed by atoms with E-state index in [4.69, 9.17) is 0 Å². The lowest BCUT2D eigenvalue weighted by Crippen LogP contribution is -2.48. The lowest BCUT2D eigenvalue weighted by atomic mass is 10.1. The van der Waals surface area contributed by atoms with Crippen molar-refractivity contribution in [1.82, 2.24) is 24.4 Å². The summed E-state index contributed by atoms with van der Waals surface area (Å²) in [5, 5.41) is 4.35. The van der Waals surface area contributed by atoms with Crippen LogP contribution in [0.5, 0.6) is 0 Å². The molecule has 4 rings (SSSR count). The van der Waals surface area contributed by atoms with Crippen molar-refractivity contribution in [3.8, 4) is 0 Å². The number of amides is 1. The molecule has 0 atom stereocenters. The Morgan fingerprint density at radius 3 is 2.56 bits per heavy atom. The van der Waals surface area contributed by atoms with Crippen molar-refractivity contribution in [1.29, 1.82) is 0 Å². The van der Waals surface area contributed by atoms with Gasteiger partial charge in [0.1, 0.15) is 5.56 Å². The molecule has 3 aromatic rings. The molecule has 0 saturated carbocycles. The normalized spacial score (nSPS) is 15.4. The van der Waals surface area contributed by atoms with Gasteiger partial charge in [-0.1, -0.05) is 24.3 Å². The van der Waals surface area contributed by atoms with Crippen LogP contribution in [0.3, 0.4) is 0 Å². The number of carbonyl (C=O) groups is 1. The highest BCUT2D eigenvalue weighted by molar-refractivity contribution is 5.99. The van der Waals surface area contributed by atoms with Gasteiger partial charge in [0.15, 0.2) is 5.65 Å². The monoisotopic (exact) mass is 363 g/mol. The van der Waals surface area contributed by atoms with E-state index in [0.29, 0.717) is 11.2 Å². The predicted octanol–water partition coefficient (Wildman–Crippen LogP) is 2.61. The summed E-state index contributed by atoms with van der Waals surface area (Å²) in [7, 11) is 0. The molecule has 1 aliphatic heterocycles. The van der Waals surface area contributed by atoms with E-state index >= 15 is 0 Å². The molecule has 1 amide bonds. The van der Waals surface area contributed by atoms with Crippen LogP contribution in [-0.2, 0) is 6.54 Å². The number of piperazine rings is 1. The number of fused-ring (bicyclic) bond motifs is 1. The molecule has 1 saturated heterocycles. The SMILES string of the molecule is Cc1cc(C)n2ncc(C(=O)N3CCN(Cc4ccccc4C)CC3)c2n1. The smallest absolute Gasteiger partial charge is 0.259 e. The highest BCUT2D eigenvalue weighted by atomic mass is 16.2. The third-order valence-electron chi connectivity index (χ3n) is 5.32. The maximum Gasteiger partial charge on any atom is 0.259 e. The van der Waals surface area contributed by atoms with Crippen molar-refractivity contribution < 1.29 is 4.79 Å². The Morgan fingerprint density at radius 2 is 1.81 bits per heavy atom. The second kappa shape index (κ2) is 7.12. The molecular weight excluding hydrogens is 338 g/mol. The van der Waals surface area contributed by atoms with E-state index in [1.54, 1.807) is 10.7 Å². The average Bonchev–Trinajstić information content (AvgIpc) is 3.08. The highest BCUT2D eigenvalue weighted by Crippen LogP contribution is 2.17. The molecule has 27 heavy (non-hydrogen) atoms. The summed E-state index contributed by atoms with van der Waals surface area (Å²) in [6.07, 6.45) is 1.65. The van der Waals surface area contributed by atoms with Crippen molar-refractivity contribution in [3.63, 3.8) is 0 Å². The number of aromatic nitrogens is 3. The third kappa shape index (κ3) is 3.45. The zero-order valence-electron chi connectivity index (χ0n) is 16.1. The van der Waals surface area contributed by atoms with Gasteiger partial charge in [-0.05, 0) is 38.0 Å². The molecular formula is C21H25N5O. The summed E-state index contributed by atoms with van der Waals surface area (Å²) in [6.45, 7) is 10.2. The number of hydrogen-bond donors (Lipinski definition) is 0. The Morgan fingerprint density at radius 1 is 1.07 bits per heavy atom. The van der Waals surface area contributed by atoms with Crippen LogP contribution in [0, 0.1) is 20.8 Å². The van der Waals surface area contributed by atoms with E-state index in [1.165, 1.54) is 11.1 Å². The zero-order chi connectivity index (χ0) is 19.0. The third-order valence-corrected chi connectivity index (χ3v) is 5.32. The second-order valence-electron chi connectivity index (χ2n) is 7.33. The van der Waals surface area contributed by atoms with Gasteiger partial charge in [0.25, 0.3) is 5.91 Å². The summed E-state index contributed by atoms with van der Waals surface area (Å²) >= 11 is 0. The Labute approximate surface area is 159 Å².